The second kappa shape index (κ2) is 3.72. The fourth-order valence-electron chi connectivity index (χ4n) is 0.976. The summed E-state index contributed by atoms with van der Waals surface area (Å²) in [6.45, 7) is 3.04. The number of rotatable bonds is 2. The molecular weight excluding hydrogens is 211 g/mol. The van der Waals surface area contributed by atoms with Gasteiger partial charge in [0.15, 0.2) is 0 Å². The summed E-state index contributed by atoms with van der Waals surface area (Å²) in [5, 5.41) is 8.52. The van der Waals surface area contributed by atoms with Gasteiger partial charge in [-0.15, -0.1) is 0 Å². The molecule has 0 aliphatic carbocycles. The van der Waals surface area contributed by atoms with Crippen molar-refractivity contribution in [3.8, 4) is 0 Å². The lowest BCUT2D eigenvalue weighted by molar-refractivity contribution is -0.138. The molecular formula is C9H6F3NO2. The van der Waals surface area contributed by atoms with E-state index in [1.54, 1.807) is 0 Å². The van der Waals surface area contributed by atoms with Gasteiger partial charge in [0.05, 0.1) is 16.8 Å². The smallest absolute Gasteiger partial charge is 0.418 e. The molecule has 0 radical (unpaired) electrons. The third-order valence-electron chi connectivity index (χ3n) is 1.66. The van der Waals surface area contributed by atoms with E-state index in [2.05, 4.69) is 11.6 Å². The van der Waals surface area contributed by atoms with Crippen molar-refractivity contribution in [3.63, 3.8) is 0 Å². The van der Waals surface area contributed by atoms with Crippen LogP contribution in [-0.4, -0.2) is 16.1 Å². The molecule has 0 amide bonds. The Hall–Kier alpha value is -1.85. The average molecular weight is 217 g/mol. The first-order valence-corrected chi connectivity index (χ1v) is 3.79. The zero-order chi connectivity index (χ0) is 11.6. The molecule has 0 spiro atoms. The summed E-state index contributed by atoms with van der Waals surface area (Å²) in [7, 11) is 0. The molecule has 1 rings (SSSR count). The Bertz CT molecular complexity index is 412. The standard InChI is InChI=1S/C9H6F3NO2/c1-5(8(14)15)7-6(9(10,11)12)3-2-4-13-7/h2-4H,1H2,(H,14,15). The van der Waals surface area contributed by atoms with E-state index in [-0.39, 0.29) is 0 Å². The van der Waals surface area contributed by atoms with Gasteiger partial charge in [0.2, 0.25) is 0 Å². The monoisotopic (exact) mass is 217 g/mol. The molecule has 1 aromatic heterocycles. The molecule has 0 bridgehead atoms. The van der Waals surface area contributed by atoms with Crippen LogP contribution >= 0.6 is 0 Å². The van der Waals surface area contributed by atoms with E-state index < -0.39 is 29.0 Å². The van der Waals surface area contributed by atoms with Crippen molar-refractivity contribution < 1.29 is 23.1 Å². The van der Waals surface area contributed by atoms with Crippen molar-refractivity contribution in [2.45, 2.75) is 6.18 Å². The van der Waals surface area contributed by atoms with Gasteiger partial charge in [0.1, 0.15) is 0 Å². The van der Waals surface area contributed by atoms with E-state index in [0.29, 0.717) is 0 Å². The van der Waals surface area contributed by atoms with Gasteiger partial charge in [-0.25, -0.2) is 4.79 Å². The zero-order valence-electron chi connectivity index (χ0n) is 7.38. The SMILES string of the molecule is C=C(C(=O)O)c1ncccc1C(F)(F)F. The van der Waals surface area contributed by atoms with Crippen molar-refractivity contribution >= 4 is 11.5 Å². The molecule has 0 saturated carbocycles. The quantitative estimate of drug-likeness (QED) is 0.772. The minimum absolute atomic E-state index is 0.655. The number of alkyl halides is 3. The van der Waals surface area contributed by atoms with Gasteiger partial charge in [-0.05, 0) is 12.1 Å². The summed E-state index contributed by atoms with van der Waals surface area (Å²) < 4.78 is 37.2. The Morgan fingerprint density at radius 3 is 2.53 bits per heavy atom. The average Bonchev–Trinajstić information content (AvgIpc) is 2.15. The first kappa shape index (κ1) is 11.2. The summed E-state index contributed by atoms with van der Waals surface area (Å²) in [4.78, 5) is 13.8. The largest absolute Gasteiger partial charge is 0.478 e. The summed E-state index contributed by atoms with van der Waals surface area (Å²) in [5.74, 6) is -1.53. The van der Waals surface area contributed by atoms with Crippen molar-refractivity contribution in [1.29, 1.82) is 0 Å². The van der Waals surface area contributed by atoms with Crippen LogP contribution < -0.4 is 0 Å². The van der Waals surface area contributed by atoms with Crippen LogP contribution in [0.2, 0.25) is 0 Å². The normalized spacial score (nSPS) is 11.1. The molecule has 1 aromatic rings. The third-order valence-corrected chi connectivity index (χ3v) is 1.66. The molecule has 80 valence electrons. The van der Waals surface area contributed by atoms with Gasteiger partial charge in [-0.1, -0.05) is 6.58 Å². The Labute approximate surface area is 82.9 Å². The van der Waals surface area contributed by atoms with Crippen molar-refractivity contribution in [3.05, 3.63) is 36.2 Å². The van der Waals surface area contributed by atoms with E-state index in [4.69, 9.17) is 5.11 Å². The van der Waals surface area contributed by atoms with Gasteiger partial charge in [0.25, 0.3) is 0 Å². The van der Waals surface area contributed by atoms with Crippen LogP contribution in [0.5, 0.6) is 0 Å². The zero-order valence-corrected chi connectivity index (χ0v) is 7.38. The first-order chi connectivity index (χ1) is 6.84. The van der Waals surface area contributed by atoms with Gasteiger partial charge >= 0.3 is 12.1 Å². The fourth-order valence-corrected chi connectivity index (χ4v) is 0.976. The maximum absolute atomic E-state index is 12.4. The van der Waals surface area contributed by atoms with Crippen LogP contribution in [0.1, 0.15) is 11.3 Å². The highest BCUT2D eigenvalue weighted by molar-refractivity contribution is 6.14. The lowest BCUT2D eigenvalue weighted by atomic mass is 10.1. The van der Waals surface area contributed by atoms with Crippen molar-refractivity contribution in [2.24, 2.45) is 0 Å². The topological polar surface area (TPSA) is 50.2 Å². The fraction of sp³-hybridized carbons (Fsp3) is 0.111. The van der Waals surface area contributed by atoms with E-state index in [1.165, 1.54) is 0 Å². The van der Waals surface area contributed by atoms with E-state index in [9.17, 15) is 18.0 Å². The maximum atomic E-state index is 12.4. The number of pyridine rings is 1. The molecule has 0 aromatic carbocycles. The number of carbonyl (C=O) groups is 1. The molecule has 0 atom stereocenters. The highest BCUT2D eigenvalue weighted by Gasteiger charge is 2.35. The van der Waals surface area contributed by atoms with E-state index in [0.717, 1.165) is 18.3 Å². The Balaban J connectivity index is 3.31. The van der Waals surface area contributed by atoms with Gasteiger partial charge < -0.3 is 5.11 Å². The van der Waals surface area contributed by atoms with Crippen molar-refractivity contribution in [1.82, 2.24) is 4.98 Å². The van der Waals surface area contributed by atoms with Crippen LogP contribution in [0.4, 0.5) is 13.2 Å². The molecule has 1 heterocycles. The molecule has 0 unspecified atom stereocenters. The number of carboxylic acid groups (broad SMARTS) is 1. The minimum atomic E-state index is -4.64. The number of nitrogens with zero attached hydrogens (tertiary/aromatic N) is 1. The number of aliphatic carboxylic acids is 1. The first-order valence-electron chi connectivity index (χ1n) is 3.79. The predicted octanol–water partition coefficient (Wildman–Crippen LogP) is 2.20. The Morgan fingerprint density at radius 2 is 2.07 bits per heavy atom. The third kappa shape index (κ3) is 2.34. The van der Waals surface area contributed by atoms with Crippen LogP contribution in [-0.2, 0) is 11.0 Å². The molecule has 3 nitrogen and oxygen atoms in total. The van der Waals surface area contributed by atoms with Crippen molar-refractivity contribution in [2.75, 3.05) is 0 Å². The molecule has 6 heteroatoms. The summed E-state index contributed by atoms with van der Waals surface area (Å²) >= 11 is 0. The second-order valence-corrected chi connectivity index (χ2v) is 2.68. The van der Waals surface area contributed by atoms with Crippen LogP contribution in [0.3, 0.4) is 0 Å². The van der Waals surface area contributed by atoms with Gasteiger partial charge in [-0.3, -0.25) is 4.98 Å². The number of aromatic nitrogens is 1. The molecule has 15 heavy (non-hydrogen) atoms. The van der Waals surface area contributed by atoms with Gasteiger partial charge in [-0.2, -0.15) is 13.2 Å². The Kier molecular flexibility index (Phi) is 2.78. The summed E-state index contributed by atoms with van der Waals surface area (Å²) in [6, 6.07) is 1.85. The second-order valence-electron chi connectivity index (χ2n) is 2.68. The molecule has 0 fully saturated rings. The predicted molar refractivity (Wildman–Crippen MR) is 45.9 cm³/mol. The molecule has 0 aliphatic rings. The number of halogens is 3. The Morgan fingerprint density at radius 1 is 1.47 bits per heavy atom. The minimum Gasteiger partial charge on any atom is -0.478 e. The molecule has 0 aliphatic heterocycles. The van der Waals surface area contributed by atoms with Crippen LogP contribution in [0.15, 0.2) is 24.9 Å². The summed E-state index contributed by atoms with van der Waals surface area (Å²) in [6.07, 6.45) is -3.55. The number of hydrogen-bond acceptors (Lipinski definition) is 2. The number of carboxylic acids is 1. The van der Waals surface area contributed by atoms with Crippen LogP contribution in [0, 0.1) is 0 Å². The number of hydrogen-bond donors (Lipinski definition) is 1. The molecule has 1 N–H and O–H groups in total. The van der Waals surface area contributed by atoms with E-state index >= 15 is 0 Å². The van der Waals surface area contributed by atoms with E-state index in [1.807, 2.05) is 0 Å². The van der Waals surface area contributed by atoms with Crippen LogP contribution in [0.25, 0.3) is 5.57 Å². The summed E-state index contributed by atoms with van der Waals surface area (Å²) in [5.41, 5.74) is -2.43. The highest BCUT2D eigenvalue weighted by atomic mass is 19.4. The lowest BCUT2D eigenvalue weighted by Crippen LogP contribution is -2.12. The molecule has 0 saturated heterocycles. The highest BCUT2D eigenvalue weighted by Crippen LogP contribution is 2.33. The lowest BCUT2D eigenvalue weighted by Gasteiger charge is -2.10. The maximum Gasteiger partial charge on any atom is 0.418 e. The van der Waals surface area contributed by atoms with Gasteiger partial charge in [0, 0.05) is 6.20 Å².